The highest BCUT2D eigenvalue weighted by molar-refractivity contribution is 5.16. The van der Waals surface area contributed by atoms with Gasteiger partial charge < -0.3 is 10.5 Å². The Morgan fingerprint density at radius 1 is 1.40 bits per heavy atom. The normalized spacial score (nSPS) is 21.1. The first-order valence-corrected chi connectivity index (χ1v) is 6.55. The molecule has 0 saturated carbocycles. The number of hydrogen-bond donors (Lipinski definition) is 1. The molecule has 2 N–H and O–H groups in total. The van der Waals surface area contributed by atoms with Crippen molar-refractivity contribution >= 4 is 0 Å². The van der Waals surface area contributed by atoms with Gasteiger partial charge >= 0.3 is 6.18 Å². The third-order valence-corrected chi connectivity index (χ3v) is 3.23. The molecule has 1 aromatic heterocycles. The predicted octanol–water partition coefficient (Wildman–Crippen LogP) is 1.65. The molecule has 0 amide bonds. The van der Waals surface area contributed by atoms with Crippen LogP contribution < -0.4 is 5.73 Å². The van der Waals surface area contributed by atoms with Crippen LogP contribution in [0.1, 0.15) is 17.7 Å². The monoisotopic (exact) mass is 289 g/mol. The van der Waals surface area contributed by atoms with E-state index in [1.807, 2.05) is 0 Å². The summed E-state index contributed by atoms with van der Waals surface area (Å²) in [6.07, 6.45) is -2.20. The Hall–Kier alpha value is -1.18. The van der Waals surface area contributed by atoms with E-state index in [2.05, 4.69) is 9.88 Å². The van der Waals surface area contributed by atoms with Crippen molar-refractivity contribution in [2.75, 3.05) is 26.2 Å². The van der Waals surface area contributed by atoms with Crippen LogP contribution in [0.25, 0.3) is 0 Å². The summed E-state index contributed by atoms with van der Waals surface area (Å²) in [7, 11) is 0. The van der Waals surface area contributed by atoms with Gasteiger partial charge in [0.25, 0.3) is 0 Å². The number of hydrogen-bond acceptors (Lipinski definition) is 4. The molecule has 0 bridgehead atoms. The molecule has 1 fully saturated rings. The fourth-order valence-corrected chi connectivity index (χ4v) is 2.23. The summed E-state index contributed by atoms with van der Waals surface area (Å²) in [6.45, 7) is 3.29. The number of rotatable bonds is 4. The fourth-order valence-electron chi connectivity index (χ4n) is 2.23. The number of alkyl halides is 3. The van der Waals surface area contributed by atoms with E-state index < -0.39 is 11.9 Å². The Kier molecular flexibility index (Phi) is 4.95. The van der Waals surface area contributed by atoms with E-state index in [0.29, 0.717) is 19.7 Å². The van der Waals surface area contributed by atoms with Crippen LogP contribution in [0, 0.1) is 0 Å². The van der Waals surface area contributed by atoms with Gasteiger partial charge in [-0.1, -0.05) is 6.07 Å². The van der Waals surface area contributed by atoms with Crippen LogP contribution in [0.3, 0.4) is 0 Å². The molecule has 4 nitrogen and oxygen atoms in total. The standard InChI is InChI=1S/C13H18F3N3O/c14-13(15,16)12-2-1-10(7-18-12)8-19-5-6-20-11(9-19)3-4-17/h1-2,7,11H,3-6,8-9,17H2/t11-/m1/s1. The number of nitrogens with two attached hydrogens (primary N) is 1. The van der Waals surface area contributed by atoms with Crippen LogP contribution >= 0.6 is 0 Å². The second-order valence-corrected chi connectivity index (χ2v) is 4.85. The molecule has 1 atom stereocenters. The Morgan fingerprint density at radius 3 is 2.80 bits per heavy atom. The van der Waals surface area contributed by atoms with Gasteiger partial charge in [0.2, 0.25) is 0 Å². The minimum Gasteiger partial charge on any atom is -0.376 e. The maximum atomic E-state index is 12.4. The van der Waals surface area contributed by atoms with Crippen molar-refractivity contribution in [3.05, 3.63) is 29.6 Å². The van der Waals surface area contributed by atoms with Gasteiger partial charge in [-0.2, -0.15) is 13.2 Å². The van der Waals surface area contributed by atoms with Crippen molar-refractivity contribution in [1.29, 1.82) is 0 Å². The van der Waals surface area contributed by atoms with Crippen LogP contribution in [-0.2, 0) is 17.5 Å². The van der Waals surface area contributed by atoms with Crippen LogP contribution in [-0.4, -0.2) is 42.2 Å². The third kappa shape index (κ3) is 4.16. The molecule has 1 aliphatic heterocycles. The summed E-state index contributed by atoms with van der Waals surface area (Å²) < 4.78 is 42.8. The van der Waals surface area contributed by atoms with Gasteiger partial charge in [-0.25, -0.2) is 0 Å². The minimum atomic E-state index is -4.39. The van der Waals surface area contributed by atoms with Gasteiger partial charge in [-0.15, -0.1) is 0 Å². The van der Waals surface area contributed by atoms with E-state index in [1.165, 1.54) is 12.3 Å². The number of morpholine rings is 1. The first-order chi connectivity index (χ1) is 9.49. The summed E-state index contributed by atoms with van der Waals surface area (Å²) >= 11 is 0. The van der Waals surface area contributed by atoms with Crippen molar-refractivity contribution in [3.8, 4) is 0 Å². The molecular formula is C13H18F3N3O. The van der Waals surface area contributed by atoms with Gasteiger partial charge in [0, 0.05) is 25.8 Å². The number of nitrogens with zero attached hydrogens (tertiary/aromatic N) is 2. The van der Waals surface area contributed by atoms with Crippen LogP contribution in [0.5, 0.6) is 0 Å². The Labute approximate surface area is 115 Å². The summed E-state index contributed by atoms with van der Waals surface area (Å²) in [5, 5.41) is 0. The Bertz CT molecular complexity index is 420. The summed E-state index contributed by atoms with van der Waals surface area (Å²) in [5.41, 5.74) is 5.41. The maximum Gasteiger partial charge on any atom is 0.433 e. The lowest BCUT2D eigenvalue weighted by atomic mass is 10.1. The van der Waals surface area contributed by atoms with Gasteiger partial charge in [-0.05, 0) is 24.6 Å². The molecule has 0 radical (unpaired) electrons. The van der Waals surface area contributed by atoms with Crippen LogP contribution in [0.4, 0.5) is 13.2 Å². The molecule has 7 heteroatoms. The molecule has 0 unspecified atom stereocenters. The molecule has 0 aliphatic carbocycles. The Morgan fingerprint density at radius 2 is 2.20 bits per heavy atom. The molecule has 2 rings (SSSR count). The molecule has 2 heterocycles. The quantitative estimate of drug-likeness (QED) is 0.915. The van der Waals surface area contributed by atoms with Gasteiger partial charge in [0.1, 0.15) is 5.69 Å². The topological polar surface area (TPSA) is 51.4 Å². The lowest BCUT2D eigenvalue weighted by Gasteiger charge is -2.32. The molecule has 1 aliphatic rings. The van der Waals surface area contributed by atoms with Crippen molar-refractivity contribution in [3.63, 3.8) is 0 Å². The molecule has 1 aromatic rings. The van der Waals surface area contributed by atoms with Gasteiger partial charge in [0.15, 0.2) is 0 Å². The predicted molar refractivity (Wildman–Crippen MR) is 67.9 cm³/mol. The average Bonchev–Trinajstić information content (AvgIpc) is 2.39. The number of halogens is 3. The average molecular weight is 289 g/mol. The third-order valence-electron chi connectivity index (χ3n) is 3.23. The molecule has 20 heavy (non-hydrogen) atoms. The van der Waals surface area contributed by atoms with Crippen molar-refractivity contribution in [2.45, 2.75) is 25.2 Å². The zero-order valence-corrected chi connectivity index (χ0v) is 11.1. The van der Waals surface area contributed by atoms with Gasteiger partial charge in [-0.3, -0.25) is 9.88 Å². The smallest absolute Gasteiger partial charge is 0.376 e. The highest BCUT2D eigenvalue weighted by atomic mass is 19.4. The van der Waals surface area contributed by atoms with E-state index in [0.717, 1.165) is 31.1 Å². The molecule has 112 valence electrons. The zero-order chi connectivity index (χ0) is 14.6. The second kappa shape index (κ2) is 6.51. The number of pyridine rings is 1. The van der Waals surface area contributed by atoms with E-state index in [4.69, 9.17) is 10.5 Å². The lowest BCUT2D eigenvalue weighted by Crippen LogP contribution is -2.42. The van der Waals surface area contributed by atoms with E-state index >= 15 is 0 Å². The highest BCUT2D eigenvalue weighted by Crippen LogP contribution is 2.27. The largest absolute Gasteiger partial charge is 0.433 e. The highest BCUT2D eigenvalue weighted by Gasteiger charge is 2.32. The molecule has 1 saturated heterocycles. The SMILES string of the molecule is NCC[C@@H]1CN(Cc2ccc(C(F)(F)F)nc2)CCO1. The van der Waals surface area contributed by atoms with E-state index in [9.17, 15) is 13.2 Å². The fraction of sp³-hybridized carbons (Fsp3) is 0.615. The lowest BCUT2D eigenvalue weighted by molar-refractivity contribution is -0.141. The molecular weight excluding hydrogens is 271 g/mol. The zero-order valence-electron chi connectivity index (χ0n) is 11.1. The summed E-state index contributed by atoms with van der Waals surface area (Å²) in [4.78, 5) is 5.61. The van der Waals surface area contributed by atoms with Crippen LogP contribution in [0.2, 0.25) is 0 Å². The summed E-state index contributed by atoms with van der Waals surface area (Å²) in [5.74, 6) is 0. The molecule has 0 spiro atoms. The van der Waals surface area contributed by atoms with Crippen molar-refractivity contribution in [1.82, 2.24) is 9.88 Å². The van der Waals surface area contributed by atoms with E-state index in [1.54, 1.807) is 0 Å². The second-order valence-electron chi connectivity index (χ2n) is 4.85. The maximum absolute atomic E-state index is 12.4. The summed E-state index contributed by atoms with van der Waals surface area (Å²) in [6, 6.07) is 2.50. The number of ether oxygens (including phenoxy) is 1. The van der Waals surface area contributed by atoms with Crippen molar-refractivity contribution in [2.24, 2.45) is 5.73 Å². The Balaban J connectivity index is 1.93. The molecule has 0 aromatic carbocycles. The number of aromatic nitrogens is 1. The van der Waals surface area contributed by atoms with Crippen LogP contribution in [0.15, 0.2) is 18.3 Å². The van der Waals surface area contributed by atoms with Crippen molar-refractivity contribution < 1.29 is 17.9 Å². The van der Waals surface area contributed by atoms with Gasteiger partial charge in [0.05, 0.1) is 12.7 Å². The first-order valence-electron chi connectivity index (χ1n) is 6.55. The minimum absolute atomic E-state index is 0.108. The van der Waals surface area contributed by atoms with E-state index in [-0.39, 0.29) is 6.10 Å². The first kappa shape index (κ1) is 15.2.